The Hall–Kier alpha value is -7.03. The Kier molecular flexibility index (Phi) is 6.59. The Morgan fingerprint density at radius 2 is 0.830 bits per heavy atom. The minimum Gasteiger partial charge on any atom is -0.292 e. The third-order valence-electron chi connectivity index (χ3n) is 10.9. The van der Waals surface area contributed by atoms with Gasteiger partial charge in [-0.2, -0.15) is 0 Å². The van der Waals surface area contributed by atoms with Crippen LogP contribution in [0.25, 0.3) is 105 Å². The van der Waals surface area contributed by atoms with Gasteiger partial charge in [0.05, 0.1) is 11.0 Å². The monoisotopic (exact) mass is 672 g/mol. The van der Waals surface area contributed by atoms with Crippen molar-refractivity contribution >= 4 is 32.6 Å². The molecular formula is C51H32N2. The number of benzene rings is 9. The summed E-state index contributed by atoms with van der Waals surface area (Å²) in [6, 6.07) is 70.2. The summed E-state index contributed by atoms with van der Waals surface area (Å²) in [4.78, 5) is 5.12. The maximum absolute atomic E-state index is 5.12. The fourth-order valence-electron chi connectivity index (χ4n) is 8.72. The van der Waals surface area contributed by atoms with Crippen molar-refractivity contribution in [2.45, 2.75) is 0 Å². The van der Waals surface area contributed by atoms with Crippen LogP contribution in [-0.4, -0.2) is 9.55 Å². The van der Waals surface area contributed by atoms with Crippen LogP contribution < -0.4 is 0 Å². The molecule has 2 nitrogen and oxygen atoms in total. The van der Waals surface area contributed by atoms with Crippen molar-refractivity contribution in [3.63, 3.8) is 0 Å². The van der Waals surface area contributed by atoms with Gasteiger partial charge in [-0.05, 0) is 101 Å². The van der Waals surface area contributed by atoms with Crippen LogP contribution in [0.1, 0.15) is 0 Å². The lowest BCUT2D eigenvalue weighted by atomic mass is 9.82. The summed E-state index contributed by atoms with van der Waals surface area (Å²) in [5, 5.41) is 5.14. The van der Waals surface area contributed by atoms with Gasteiger partial charge < -0.3 is 0 Å². The molecule has 10 aromatic rings. The molecule has 0 amide bonds. The van der Waals surface area contributed by atoms with Gasteiger partial charge in [-0.25, -0.2) is 4.98 Å². The Morgan fingerprint density at radius 1 is 0.321 bits per heavy atom. The fourth-order valence-corrected chi connectivity index (χ4v) is 8.72. The molecule has 1 heterocycles. The van der Waals surface area contributed by atoms with E-state index in [1.165, 1.54) is 77.2 Å². The molecular weight excluding hydrogens is 641 g/mol. The molecule has 0 N–H and O–H groups in total. The van der Waals surface area contributed by atoms with E-state index in [9.17, 15) is 0 Å². The number of aromatic nitrogens is 2. The van der Waals surface area contributed by atoms with Crippen LogP contribution in [0.5, 0.6) is 0 Å². The summed E-state index contributed by atoms with van der Waals surface area (Å²) in [6.07, 6.45) is 0. The van der Waals surface area contributed by atoms with Crippen LogP contribution in [0, 0.1) is 0 Å². The summed E-state index contributed by atoms with van der Waals surface area (Å²) in [5.41, 5.74) is 17.0. The summed E-state index contributed by atoms with van der Waals surface area (Å²) >= 11 is 0. The van der Waals surface area contributed by atoms with Crippen LogP contribution >= 0.6 is 0 Å². The SMILES string of the molecule is c1ccc(-c2c3c(c(-c4ccccc4)c4ccccc24)-c2ccc(-c4ccc(-c5nc6ccccc6n5-c5ccccc5)cc4)c4cccc-3c24)cc1. The maximum Gasteiger partial charge on any atom is 0.145 e. The molecule has 0 radical (unpaired) electrons. The minimum absolute atomic E-state index is 0.939. The van der Waals surface area contributed by atoms with Gasteiger partial charge in [-0.1, -0.05) is 170 Å². The summed E-state index contributed by atoms with van der Waals surface area (Å²) < 4.78 is 2.26. The lowest BCUT2D eigenvalue weighted by Gasteiger charge is -2.20. The van der Waals surface area contributed by atoms with Gasteiger partial charge in [-0.3, -0.25) is 4.57 Å². The molecule has 11 rings (SSSR count). The zero-order valence-electron chi connectivity index (χ0n) is 28.9. The normalized spacial score (nSPS) is 11.8. The van der Waals surface area contributed by atoms with Crippen molar-refractivity contribution in [3.8, 4) is 72.7 Å². The molecule has 9 aromatic carbocycles. The zero-order chi connectivity index (χ0) is 34.9. The molecule has 246 valence electrons. The zero-order valence-corrected chi connectivity index (χ0v) is 28.9. The van der Waals surface area contributed by atoms with Crippen molar-refractivity contribution in [2.75, 3.05) is 0 Å². The average molecular weight is 673 g/mol. The van der Waals surface area contributed by atoms with Crippen LogP contribution in [0.4, 0.5) is 0 Å². The van der Waals surface area contributed by atoms with Gasteiger partial charge in [0.15, 0.2) is 0 Å². The first-order valence-electron chi connectivity index (χ1n) is 18.2. The molecule has 0 saturated carbocycles. The van der Waals surface area contributed by atoms with Crippen molar-refractivity contribution < 1.29 is 0 Å². The Morgan fingerprint density at radius 3 is 1.49 bits per heavy atom. The Balaban J connectivity index is 1.13. The molecule has 0 unspecified atom stereocenters. The second-order valence-electron chi connectivity index (χ2n) is 13.8. The minimum atomic E-state index is 0.939. The van der Waals surface area contributed by atoms with Crippen molar-refractivity contribution in [3.05, 3.63) is 194 Å². The highest BCUT2D eigenvalue weighted by Crippen LogP contribution is 2.58. The van der Waals surface area contributed by atoms with Gasteiger partial charge in [0.25, 0.3) is 0 Å². The maximum atomic E-state index is 5.12. The first-order valence-corrected chi connectivity index (χ1v) is 18.2. The lowest BCUT2D eigenvalue weighted by molar-refractivity contribution is 1.10. The van der Waals surface area contributed by atoms with Crippen LogP contribution in [0.3, 0.4) is 0 Å². The quantitative estimate of drug-likeness (QED) is 0.178. The highest BCUT2D eigenvalue weighted by Gasteiger charge is 2.31. The number of fused-ring (bicyclic) bond motifs is 5. The fraction of sp³-hybridized carbons (Fsp3) is 0. The molecule has 0 spiro atoms. The molecule has 0 aliphatic heterocycles. The number of hydrogen-bond donors (Lipinski definition) is 0. The van der Waals surface area contributed by atoms with Crippen LogP contribution in [-0.2, 0) is 0 Å². The summed E-state index contributed by atoms with van der Waals surface area (Å²) in [7, 11) is 0. The highest BCUT2D eigenvalue weighted by molar-refractivity contribution is 6.28. The standard InChI is InChI=1S/C51H32N2/c1-4-15-34(16-5-1)46-40-21-10-11-22-41(40)47(35-17-6-2-7-18-35)50-43-32-31-38(39-23-14-24-42(48(39)43)49(46)50)33-27-29-36(30-28-33)51-52-44-25-12-13-26-45(44)53(51)37-19-8-3-9-20-37/h1-32H. The van der Waals surface area contributed by atoms with E-state index < -0.39 is 0 Å². The number of nitrogens with zero attached hydrogens (tertiary/aromatic N) is 2. The van der Waals surface area contributed by atoms with Crippen molar-refractivity contribution in [1.82, 2.24) is 9.55 Å². The van der Waals surface area contributed by atoms with E-state index in [4.69, 9.17) is 4.98 Å². The summed E-state index contributed by atoms with van der Waals surface area (Å²) in [6.45, 7) is 0. The molecule has 1 aliphatic rings. The third kappa shape index (κ3) is 4.49. The highest BCUT2D eigenvalue weighted by atomic mass is 15.1. The van der Waals surface area contributed by atoms with E-state index in [0.29, 0.717) is 0 Å². The van der Waals surface area contributed by atoms with Gasteiger partial charge in [-0.15, -0.1) is 0 Å². The van der Waals surface area contributed by atoms with E-state index >= 15 is 0 Å². The third-order valence-corrected chi connectivity index (χ3v) is 10.9. The van der Waals surface area contributed by atoms with E-state index in [2.05, 4.69) is 199 Å². The topological polar surface area (TPSA) is 17.8 Å². The van der Waals surface area contributed by atoms with Crippen LogP contribution in [0.15, 0.2) is 194 Å². The Labute approximate surface area is 307 Å². The van der Waals surface area contributed by atoms with Crippen molar-refractivity contribution in [2.24, 2.45) is 0 Å². The van der Waals surface area contributed by atoms with Crippen molar-refractivity contribution in [1.29, 1.82) is 0 Å². The average Bonchev–Trinajstić information content (AvgIpc) is 3.78. The smallest absolute Gasteiger partial charge is 0.145 e. The molecule has 0 atom stereocenters. The lowest BCUT2D eigenvalue weighted by Crippen LogP contribution is -1.97. The predicted molar refractivity (Wildman–Crippen MR) is 222 cm³/mol. The second kappa shape index (κ2) is 11.8. The van der Waals surface area contributed by atoms with E-state index in [1.807, 2.05) is 0 Å². The molecule has 0 bridgehead atoms. The molecule has 1 aromatic heterocycles. The molecule has 2 heteroatoms. The van der Waals surface area contributed by atoms with Gasteiger partial charge in [0.1, 0.15) is 5.82 Å². The molecule has 1 aliphatic carbocycles. The van der Waals surface area contributed by atoms with E-state index in [0.717, 1.165) is 28.1 Å². The largest absolute Gasteiger partial charge is 0.292 e. The van der Waals surface area contributed by atoms with E-state index in [1.54, 1.807) is 0 Å². The van der Waals surface area contributed by atoms with Gasteiger partial charge >= 0.3 is 0 Å². The molecule has 0 saturated heterocycles. The number of rotatable bonds is 5. The van der Waals surface area contributed by atoms with Gasteiger partial charge in [0.2, 0.25) is 0 Å². The van der Waals surface area contributed by atoms with Gasteiger partial charge in [0, 0.05) is 11.3 Å². The second-order valence-corrected chi connectivity index (χ2v) is 13.8. The Bertz CT molecular complexity index is 2920. The van der Waals surface area contributed by atoms with Crippen LogP contribution in [0.2, 0.25) is 0 Å². The molecule has 0 fully saturated rings. The number of para-hydroxylation sites is 3. The summed E-state index contributed by atoms with van der Waals surface area (Å²) in [5.74, 6) is 0.939. The van der Waals surface area contributed by atoms with E-state index in [-0.39, 0.29) is 0 Å². The number of hydrogen-bond acceptors (Lipinski definition) is 1. The first kappa shape index (κ1) is 29.7. The first-order chi connectivity index (χ1) is 26.3. The number of imidazole rings is 1. The molecule has 53 heavy (non-hydrogen) atoms. The predicted octanol–water partition coefficient (Wildman–Crippen LogP) is 13.6.